The fourth-order valence-corrected chi connectivity index (χ4v) is 8.36. The van der Waals surface area contributed by atoms with Gasteiger partial charge in [-0.25, -0.2) is 0 Å². The molecule has 8 aromatic rings. The topological polar surface area (TPSA) is 87.2 Å². The van der Waals surface area contributed by atoms with Crippen molar-refractivity contribution >= 4 is 21.8 Å². The Morgan fingerprint density at radius 1 is 0.300 bits per heavy atom. The van der Waals surface area contributed by atoms with E-state index in [-0.39, 0.29) is 0 Å². The molecule has 8 heteroatoms. The molecule has 0 bridgehead atoms. The van der Waals surface area contributed by atoms with Crippen LogP contribution in [0.3, 0.4) is 0 Å². The van der Waals surface area contributed by atoms with Gasteiger partial charge in [0, 0.05) is 63.1 Å². The average Bonchev–Trinajstić information content (AvgIpc) is 4.08. The van der Waals surface area contributed by atoms with E-state index in [1.54, 1.807) is 21.5 Å². The Labute approximate surface area is 408 Å². The molecule has 4 unspecified atom stereocenters. The number of hydrogen-bond acceptors (Lipinski definition) is 6. The van der Waals surface area contributed by atoms with E-state index in [0.717, 1.165) is 10.8 Å². The Morgan fingerprint density at radius 2 is 0.529 bits per heavy atom. The maximum Gasteiger partial charge on any atom is 0.272 e. The maximum atomic E-state index is 13.2. The molecule has 0 fully saturated rings. The first-order valence-corrected chi connectivity index (χ1v) is 22.3. The highest BCUT2D eigenvalue weighted by Gasteiger charge is 2.39. The molecule has 2 heterocycles. The third-order valence-electron chi connectivity index (χ3n) is 12.3. The van der Waals surface area contributed by atoms with Crippen LogP contribution in [0.5, 0.6) is 0 Å². The molecule has 8 nitrogen and oxygen atoms in total. The quantitative estimate of drug-likeness (QED) is 0.134. The van der Waals surface area contributed by atoms with Crippen molar-refractivity contribution < 1.29 is 29.2 Å². The minimum absolute atomic E-state index is 0.546. The molecule has 6 aromatic carbocycles. The van der Waals surface area contributed by atoms with Crippen molar-refractivity contribution in [3.8, 4) is 71.0 Å². The fraction of sp³-hybridized carbons (Fsp3) is 0.161. The monoisotopic (exact) mass is 914 g/mol. The zero-order chi connectivity index (χ0) is 48.7. The number of ether oxygens (including phenoxy) is 4. The van der Waals surface area contributed by atoms with Crippen molar-refractivity contribution in [2.24, 2.45) is 0 Å². The second-order valence-corrected chi connectivity index (χ2v) is 16.3. The minimum atomic E-state index is -2.28. The van der Waals surface area contributed by atoms with Crippen molar-refractivity contribution in [3.63, 3.8) is 0 Å². The van der Waals surface area contributed by atoms with Gasteiger partial charge in [-0.05, 0) is 106 Å². The molecular formula is C62H46N2O6. The summed E-state index contributed by atoms with van der Waals surface area (Å²) in [6.07, 6.45) is 3.45. The molecule has 0 spiro atoms. The first-order valence-electron chi connectivity index (χ1n) is 22.3. The summed E-state index contributed by atoms with van der Waals surface area (Å²) in [5.41, 5.74) is -8.06. The summed E-state index contributed by atoms with van der Waals surface area (Å²) in [6.45, 7) is 0. The predicted octanol–water partition coefficient (Wildman–Crippen LogP) is 8.79. The number of aromatic nitrogens is 2. The van der Waals surface area contributed by atoms with Crippen molar-refractivity contribution in [3.05, 3.63) is 217 Å². The summed E-state index contributed by atoms with van der Waals surface area (Å²) in [5, 5.41) is 28.1. The number of methoxy groups -OCH3 is 4. The Bertz CT molecular complexity index is 3200. The molecular weight excluding hydrogens is 869 g/mol. The molecule has 9 rings (SSSR count). The van der Waals surface area contributed by atoms with Crippen LogP contribution in [0, 0.1) is 71.0 Å². The van der Waals surface area contributed by atoms with Gasteiger partial charge in [0.05, 0.1) is 11.0 Å². The molecule has 0 saturated carbocycles. The number of para-hydroxylation sites is 2. The van der Waals surface area contributed by atoms with Crippen LogP contribution in [0.2, 0.25) is 0 Å². The Balaban J connectivity index is 1.45. The predicted molar refractivity (Wildman–Crippen MR) is 271 cm³/mol. The molecule has 0 saturated heterocycles. The van der Waals surface area contributed by atoms with Gasteiger partial charge in [0.25, 0.3) is 11.4 Å². The van der Waals surface area contributed by atoms with Gasteiger partial charge in [0.15, 0.2) is 0 Å². The van der Waals surface area contributed by atoms with Crippen molar-refractivity contribution in [1.82, 2.24) is 9.13 Å². The zero-order valence-electron chi connectivity index (χ0n) is 38.9. The summed E-state index contributed by atoms with van der Waals surface area (Å²) in [7, 11) is 5.95. The average molecular weight is 915 g/mol. The maximum absolute atomic E-state index is 13.2. The van der Waals surface area contributed by atoms with E-state index in [9.17, 15) is 10.2 Å². The van der Waals surface area contributed by atoms with Gasteiger partial charge in [-0.1, -0.05) is 158 Å². The second kappa shape index (κ2) is 19.3. The first kappa shape index (κ1) is 46.6. The molecule has 1 aliphatic rings. The van der Waals surface area contributed by atoms with E-state index in [0.29, 0.717) is 33.3 Å². The second-order valence-electron chi connectivity index (χ2n) is 16.3. The molecule has 340 valence electrons. The van der Waals surface area contributed by atoms with E-state index >= 15 is 0 Å². The summed E-state index contributed by atoms with van der Waals surface area (Å²) in [4.78, 5) is 0. The van der Waals surface area contributed by atoms with Crippen LogP contribution in [0.15, 0.2) is 194 Å². The summed E-state index contributed by atoms with van der Waals surface area (Å²) >= 11 is 0. The largest absolute Gasteiger partial charge is 0.351 e. The number of hydrogen-bond donors (Lipinski definition) is 2. The Morgan fingerprint density at radius 3 is 0.786 bits per heavy atom. The van der Waals surface area contributed by atoms with Crippen molar-refractivity contribution in [2.45, 2.75) is 33.9 Å². The number of nitrogens with zero attached hydrogens (tertiary/aromatic N) is 2. The van der Waals surface area contributed by atoms with Gasteiger partial charge in [0.1, 0.15) is 0 Å². The highest BCUT2D eigenvalue weighted by atomic mass is 16.5. The summed E-state index contributed by atoms with van der Waals surface area (Å²) in [5.74, 6) is 38.8. The van der Waals surface area contributed by atoms with Crippen LogP contribution in [0.1, 0.15) is 22.3 Å². The SMILES string of the molecule is COC1(c2ccccc2)C#CC(OC)(c2ccccc2)C#CC(O)(n2ccc3ccccc32)C#CC(OC)(c2ccccc2)C#CC(OC)(c2ccccc2)C#CC(O)(n2ccc3ccccc32)C#C1. The van der Waals surface area contributed by atoms with E-state index < -0.39 is 33.9 Å². The van der Waals surface area contributed by atoms with Gasteiger partial charge >= 0.3 is 0 Å². The number of benzene rings is 6. The van der Waals surface area contributed by atoms with E-state index in [2.05, 4.69) is 71.0 Å². The van der Waals surface area contributed by atoms with Crippen LogP contribution in [-0.4, -0.2) is 47.8 Å². The minimum Gasteiger partial charge on any atom is -0.351 e. The smallest absolute Gasteiger partial charge is 0.272 e. The van der Waals surface area contributed by atoms with Crippen LogP contribution in [0.4, 0.5) is 0 Å². The van der Waals surface area contributed by atoms with E-state index in [1.165, 1.54) is 28.4 Å². The standard InChI is InChI=1S/C62H46N2O6/c1-67-57(51-23-9-5-10-24-51)35-36-58(68-2,52-25-11-6-12-26-52)40-45-62(66,64-48-34-50-22-18-20-32-56(50)64)46-42-60(70-4,54-29-15-8-16-30-54)38-37-59(69-3,53-27-13-7-14-28-53)41-44-61(65,43-39-57)63-47-33-49-21-17-19-31-55(49)63/h5-34,47-48,65-66H,1-4H3. The van der Waals surface area contributed by atoms with Crippen LogP contribution >= 0.6 is 0 Å². The van der Waals surface area contributed by atoms with Gasteiger partial charge in [-0.3, -0.25) is 9.13 Å². The lowest BCUT2D eigenvalue weighted by Crippen LogP contribution is -2.35. The van der Waals surface area contributed by atoms with Gasteiger partial charge < -0.3 is 29.2 Å². The molecule has 2 N–H and O–H groups in total. The molecule has 1 aliphatic carbocycles. The summed E-state index contributed by atoms with van der Waals surface area (Å²) in [6, 6.07) is 55.8. The van der Waals surface area contributed by atoms with Crippen LogP contribution < -0.4 is 0 Å². The third kappa shape index (κ3) is 8.65. The third-order valence-corrected chi connectivity index (χ3v) is 12.3. The number of rotatable bonds is 10. The zero-order valence-corrected chi connectivity index (χ0v) is 38.9. The van der Waals surface area contributed by atoms with Crippen LogP contribution in [-0.2, 0) is 52.8 Å². The van der Waals surface area contributed by atoms with Crippen molar-refractivity contribution in [1.29, 1.82) is 0 Å². The van der Waals surface area contributed by atoms with Gasteiger partial charge in [-0.15, -0.1) is 0 Å². The van der Waals surface area contributed by atoms with E-state index in [4.69, 9.17) is 18.9 Å². The van der Waals surface area contributed by atoms with Crippen LogP contribution in [0.25, 0.3) is 21.8 Å². The Hall–Kier alpha value is -8.48. The first-order chi connectivity index (χ1) is 34.1. The normalized spacial score (nSPS) is 25.0. The Kier molecular flexibility index (Phi) is 12.8. The lowest BCUT2D eigenvalue weighted by molar-refractivity contribution is 0.0696. The lowest BCUT2D eigenvalue weighted by atomic mass is 9.88. The molecule has 2 aromatic heterocycles. The van der Waals surface area contributed by atoms with Gasteiger partial charge in [0.2, 0.25) is 22.4 Å². The highest BCUT2D eigenvalue weighted by Crippen LogP contribution is 2.34. The molecule has 70 heavy (non-hydrogen) atoms. The fourth-order valence-electron chi connectivity index (χ4n) is 8.36. The molecule has 0 amide bonds. The summed E-state index contributed by atoms with van der Waals surface area (Å²) < 4.78 is 28.7. The molecule has 0 radical (unpaired) electrons. The van der Waals surface area contributed by atoms with Gasteiger partial charge in [-0.2, -0.15) is 0 Å². The van der Waals surface area contributed by atoms with Crippen molar-refractivity contribution in [2.75, 3.05) is 28.4 Å². The highest BCUT2D eigenvalue weighted by molar-refractivity contribution is 5.81. The molecule has 0 aliphatic heterocycles. The van der Waals surface area contributed by atoms with E-state index in [1.807, 2.05) is 182 Å². The number of fused-ring (bicyclic) bond motifs is 2. The lowest BCUT2D eigenvalue weighted by Gasteiger charge is -2.28. The number of aliphatic hydroxyl groups is 2. The molecule has 4 atom stereocenters.